The molecule has 0 radical (unpaired) electrons. The van der Waals surface area contributed by atoms with E-state index in [1.165, 1.54) is 11.1 Å². The second kappa shape index (κ2) is 9.08. The van der Waals surface area contributed by atoms with E-state index in [1.54, 1.807) is 0 Å². The molecular weight excluding hydrogens is 300 g/mol. The zero-order valence-corrected chi connectivity index (χ0v) is 14.7. The molecule has 2 rings (SSSR count). The van der Waals surface area contributed by atoms with Crippen LogP contribution in [0.5, 0.6) is 5.75 Å². The molecule has 4 nitrogen and oxygen atoms in total. The van der Waals surface area contributed by atoms with Gasteiger partial charge < -0.3 is 15.0 Å². The number of hydrogen-bond acceptors (Lipinski definition) is 3. The summed E-state index contributed by atoms with van der Waals surface area (Å²) in [6, 6.07) is 16.1. The van der Waals surface area contributed by atoms with Crippen molar-refractivity contribution in [2.45, 2.75) is 26.4 Å². The molecule has 0 saturated carbocycles. The first-order valence-electron chi connectivity index (χ1n) is 8.28. The molecule has 0 heterocycles. The lowest BCUT2D eigenvalue weighted by Gasteiger charge is -2.11. The van der Waals surface area contributed by atoms with Crippen LogP contribution in [0, 0.1) is 0 Å². The van der Waals surface area contributed by atoms with Crippen LogP contribution >= 0.6 is 0 Å². The van der Waals surface area contributed by atoms with Gasteiger partial charge in [0.15, 0.2) is 6.61 Å². The maximum absolute atomic E-state index is 11.9. The highest BCUT2D eigenvalue weighted by Gasteiger charge is 2.03. The maximum Gasteiger partial charge on any atom is 0.258 e. The van der Waals surface area contributed by atoms with E-state index >= 15 is 0 Å². The summed E-state index contributed by atoms with van der Waals surface area (Å²) in [7, 11) is 4.09. The normalized spacial score (nSPS) is 10.7. The number of ether oxygens (including phenoxy) is 1. The summed E-state index contributed by atoms with van der Waals surface area (Å²) in [5, 5.41) is 2.88. The molecule has 2 aromatic carbocycles. The Kier molecular flexibility index (Phi) is 6.82. The molecule has 2 aromatic rings. The van der Waals surface area contributed by atoms with E-state index in [0.717, 1.165) is 24.3 Å². The Morgan fingerprint density at radius 3 is 2.12 bits per heavy atom. The molecule has 128 valence electrons. The molecule has 1 N–H and O–H groups in total. The molecule has 0 atom stereocenters. The molecule has 4 heteroatoms. The number of benzene rings is 2. The molecule has 0 spiro atoms. The average Bonchev–Trinajstić information content (AvgIpc) is 2.59. The Morgan fingerprint density at radius 1 is 0.958 bits per heavy atom. The van der Waals surface area contributed by atoms with Gasteiger partial charge in [-0.2, -0.15) is 0 Å². The van der Waals surface area contributed by atoms with Gasteiger partial charge in [0.2, 0.25) is 0 Å². The van der Waals surface area contributed by atoms with Crippen molar-refractivity contribution in [2.75, 3.05) is 20.7 Å². The highest BCUT2D eigenvalue weighted by molar-refractivity contribution is 5.77. The molecule has 0 saturated heterocycles. The quantitative estimate of drug-likeness (QED) is 0.811. The predicted molar refractivity (Wildman–Crippen MR) is 97.0 cm³/mol. The van der Waals surface area contributed by atoms with Crippen LogP contribution in [0.2, 0.25) is 0 Å². The molecular formula is C20H26N2O2. The van der Waals surface area contributed by atoms with Crippen LogP contribution in [-0.2, 0) is 24.3 Å². The number of hydrogen-bond donors (Lipinski definition) is 1. The van der Waals surface area contributed by atoms with Crippen LogP contribution in [-0.4, -0.2) is 31.5 Å². The average molecular weight is 326 g/mol. The second-order valence-electron chi connectivity index (χ2n) is 6.12. The van der Waals surface area contributed by atoms with E-state index in [4.69, 9.17) is 4.74 Å². The number of rotatable bonds is 8. The number of nitrogens with zero attached hydrogens (tertiary/aromatic N) is 1. The summed E-state index contributed by atoms with van der Waals surface area (Å²) in [6.07, 6.45) is 0.994. The third-order valence-electron chi connectivity index (χ3n) is 3.71. The van der Waals surface area contributed by atoms with Crippen molar-refractivity contribution >= 4 is 5.91 Å². The minimum absolute atomic E-state index is 0.0319. The number of nitrogens with one attached hydrogen (secondary N) is 1. The molecule has 0 aliphatic carbocycles. The van der Waals surface area contributed by atoms with Crippen molar-refractivity contribution in [1.29, 1.82) is 0 Å². The van der Waals surface area contributed by atoms with Crippen LogP contribution in [0.4, 0.5) is 0 Å². The molecule has 24 heavy (non-hydrogen) atoms. The topological polar surface area (TPSA) is 41.6 Å². The van der Waals surface area contributed by atoms with Gasteiger partial charge in [0.1, 0.15) is 5.75 Å². The lowest BCUT2D eigenvalue weighted by Crippen LogP contribution is -2.28. The first-order chi connectivity index (χ1) is 11.6. The SMILES string of the molecule is CCc1ccc(OCC(=O)NCc2ccc(CN(C)C)cc2)cc1. The van der Waals surface area contributed by atoms with Gasteiger partial charge in [-0.05, 0) is 49.3 Å². The molecule has 0 bridgehead atoms. The summed E-state index contributed by atoms with van der Waals surface area (Å²) < 4.78 is 5.50. The number of amides is 1. The Hall–Kier alpha value is -2.33. The fraction of sp³-hybridized carbons (Fsp3) is 0.350. The van der Waals surface area contributed by atoms with E-state index < -0.39 is 0 Å². The third kappa shape index (κ3) is 6.05. The smallest absolute Gasteiger partial charge is 0.258 e. The van der Waals surface area contributed by atoms with E-state index in [0.29, 0.717) is 6.54 Å². The summed E-state index contributed by atoms with van der Waals surface area (Å²) in [6.45, 7) is 3.57. The van der Waals surface area contributed by atoms with Crippen molar-refractivity contribution < 1.29 is 9.53 Å². The standard InChI is InChI=1S/C20H26N2O2/c1-4-16-9-11-19(12-10-16)24-15-20(23)21-13-17-5-7-18(8-6-17)14-22(2)3/h5-12H,4,13-15H2,1-3H3,(H,21,23). The second-order valence-corrected chi connectivity index (χ2v) is 6.12. The molecule has 1 amide bonds. The third-order valence-corrected chi connectivity index (χ3v) is 3.71. The minimum atomic E-state index is -0.119. The highest BCUT2D eigenvalue weighted by Crippen LogP contribution is 2.12. The Balaban J connectivity index is 1.74. The van der Waals surface area contributed by atoms with Crippen molar-refractivity contribution in [3.8, 4) is 5.75 Å². The molecule has 0 aromatic heterocycles. The van der Waals surface area contributed by atoms with Crippen molar-refractivity contribution in [3.63, 3.8) is 0 Å². The Morgan fingerprint density at radius 2 is 1.54 bits per heavy atom. The van der Waals surface area contributed by atoms with Gasteiger partial charge in [0.05, 0.1) is 0 Å². The first kappa shape index (κ1) is 18.0. The first-order valence-corrected chi connectivity index (χ1v) is 8.28. The largest absolute Gasteiger partial charge is 0.484 e. The van der Waals surface area contributed by atoms with Gasteiger partial charge in [-0.3, -0.25) is 4.79 Å². The summed E-state index contributed by atoms with van der Waals surface area (Å²) >= 11 is 0. The van der Waals surface area contributed by atoms with Crippen LogP contribution < -0.4 is 10.1 Å². The van der Waals surface area contributed by atoms with Crippen molar-refractivity contribution in [3.05, 3.63) is 65.2 Å². The molecule has 0 unspecified atom stereocenters. The lowest BCUT2D eigenvalue weighted by molar-refractivity contribution is -0.123. The lowest BCUT2D eigenvalue weighted by atomic mass is 10.1. The van der Waals surface area contributed by atoms with Crippen LogP contribution in [0.3, 0.4) is 0 Å². The van der Waals surface area contributed by atoms with Gasteiger partial charge in [0, 0.05) is 13.1 Å². The Bertz CT molecular complexity index is 634. The van der Waals surface area contributed by atoms with E-state index in [1.807, 2.05) is 50.5 Å². The summed E-state index contributed by atoms with van der Waals surface area (Å²) in [5.74, 6) is 0.599. The predicted octanol–water partition coefficient (Wildman–Crippen LogP) is 3.01. The van der Waals surface area contributed by atoms with Crippen LogP contribution in [0.25, 0.3) is 0 Å². The van der Waals surface area contributed by atoms with Crippen LogP contribution in [0.15, 0.2) is 48.5 Å². The van der Waals surface area contributed by atoms with Gasteiger partial charge in [-0.1, -0.05) is 43.3 Å². The molecule has 0 fully saturated rings. The van der Waals surface area contributed by atoms with E-state index in [2.05, 4.69) is 29.3 Å². The van der Waals surface area contributed by atoms with Crippen molar-refractivity contribution in [2.24, 2.45) is 0 Å². The number of aryl methyl sites for hydroxylation is 1. The van der Waals surface area contributed by atoms with E-state index in [9.17, 15) is 4.79 Å². The molecule has 0 aliphatic heterocycles. The fourth-order valence-electron chi connectivity index (χ4n) is 2.35. The zero-order valence-electron chi connectivity index (χ0n) is 14.7. The highest BCUT2D eigenvalue weighted by atomic mass is 16.5. The van der Waals surface area contributed by atoms with Gasteiger partial charge in [0.25, 0.3) is 5.91 Å². The fourth-order valence-corrected chi connectivity index (χ4v) is 2.35. The van der Waals surface area contributed by atoms with Crippen LogP contribution in [0.1, 0.15) is 23.6 Å². The summed E-state index contributed by atoms with van der Waals surface area (Å²) in [4.78, 5) is 14.0. The monoisotopic (exact) mass is 326 g/mol. The van der Waals surface area contributed by atoms with Crippen molar-refractivity contribution in [1.82, 2.24) is 10.2 Å². The summed E-state index contributed by atoms with van der Waals surface area (Å²) in [5.41, 5.74) is 3.59. The minimum Gasteiger partial charge on any atom is -0.484 e. The number of carbonyl (C=O) groups excluding carboxylic acids is 1. The van der Waals surface area contributed by atoms with Gasteiger partial charge in [-0.25, -0.2) is 0 Å². The van der Waals surface area contributed by atoms with Gasteiger partial charge >= 0.3 is 0 Å². The number of carbonyl (C=O) groups is 1. The Labute approximate surface area is 144 Å². The van der Waals surface area contributed by atoms with Gasteiger partial charge in [-0.15, -0.1) is 0 Å². The zero-order chi connectivity index (χ0) is 17.4. The molecule has 0 aliphatic rings. The maximum atomic E-state index is 11.9. The van der Waals surface area contributed by atoms with E-state index in [-0.39, 0.29) is 12.5 Å².